The number of rotatable bonds is 4. The van der Waals surface area contributed by atoms with E-state index in [1.54, 1.807) is 43.3 Å². The molecule has 0 radical (unpaired) electrons. The fourth-order valence-electron chi connectivity index (χ4n) is 3.09. The second-order valence-corrected chi connectivity index (χ2v) is 6.67. The summed E-state index contributed by atoms with van der Waals surface area (Å²) in [6.45, 7) is 1.56. The lowest BCUT2D eigenvalue weighted by Crippen LogP contribution is -2.47. The SMILES string of the molecule is CC1(c2ccccc2)NC(=O)N(NC(=O)c2ccc(-c3ccc(F)cc3)o2)C1=O. The molecule has 7 nitrogen and oxygen atoms in total. The molecule has 29 heavy (non-hydrogen) atoms. The van der Waals surface area contributed by atoms with E-state index in [1.165, 1.54) is 30.3 Å². The van der Waals surface area contributed by atoms with Crippen molar-refractivity contribution in [2.24, 2.45) is 0 Å². The highest BCUT2D eigenvalue weighted by molar-refractivity contribution is 6.09. The predicted molar refractivity (Wildman–Crippen MR) is 101 cm³/mol. The van der Waals surface area contributed by atoms with Crippen LogP contribution in [0.2, 0.25) is 0 Å². The zero-order valence-corrected chi connectivity index (χ0v) is 15.3. The molecular formula is C21H16FN3O4. The van der Waals surface area contributed by atoms with Gasteiger partial charge in [0.2, 0.25) is 0 Å². The van der Waals surface area contributed by atoms with Gasteiger partial charge in [-0.05, 0) is 48.9 Å². The fourth-order valence-corrected chi connectivity index (χ4v) is 3.09. The summed E-state index contributed by atoms with van der Waals surface area (Å²) in [6.07, 6.45) is 0. The molecule has 0 aliphatic carbocycles. The summed E-state index contributed by atoms with van der Waals surface area (Å²) >= 11 is 0. The van der Waals surface area contributed by atoms with E-state index >= 15 is 0 Å². The molecule has 1 aliphatic heterocycles. The third-order valence-corrected chi connectivity index (χ3v) is 4.71. The van der Waals surface area contributed by atoms with Crippen molar-refractivity contribution >= 4 is 17.8 Å². The van der Waals surface area contributed by atoms with Crippen LogP contribution in [0.3, 0.4) is 0 Å². The summed E-state index contributed by atoms with van der Waals surface area (Å²) in [5.74, 6) is -1.52. The van der Waals surface area contributed by atoms with Crippen LogP contribution in [0.4, 0.5) is 9.18 Å². The number of nitrogens with one attached hydrogen (secondary N) is 2. The first kappa shape index (κ1) is 18.4. The van der Waals surface area contributed by atoms with Crippen molar-refractivity contribution in [2.45, 2.75) is 12.5 Å². The Balaban J connectivity index is 1.52. The molecule has 146 valence electrons. The van der Waals surface area contributed by atoms with Gasteiger partial charge in [0.05, 0.1) is 0 Å². The zero-order valence-electron chi connectivity index (χ0n) is 15.3. The Morgan fingerprint density at radius 2 is 1.72 bits per heavy atom. The van der Waals surface area contributed by atoms with Crippen molar-refractivity contribution in [3.63, 3.8) is 0 Å². The molecular weight excluding hydrogens is 377 g/mol. The number of hydrogen-bond acceptors (Lipinski definition) is 4. The monoisotopic (exact) mass is 393 g/mol. The predicted octanol–water partition coefficient (Wildman–Crippen LogP) is 3.20. The minimum absolute atomic E-state index is 0.0989. The van der Waals surface area contributed by atoms with Crippen molar-refractivity contribution in [1.29, 1.82) is 0 Å². The number of benzene rings is 2. The van der Waals surface area contributed by atoms with Crippen molar-refractivity contribution < 1.29 is 23.2 Å². The van der Waals surface area contributed by atoms with E-state index in [2.05, 4.69) is 10.7 Å². The van der Waals surface area contributed by atoms with E-state index in [4.69, 9.17) is 4.42 Å². The number of hydrazine groups is 1. The third-order valence-electron chi connectivity index (χ3n) is 4.71. The largest absolute Gasteiger partial charge is 0.451 e. The third kappa shape index (κ3) is 3.25. The second-order valence-electron chi connectivity index (χ2n) is 6.67. The highest BCUT2D eigenvalue weighted by atomic mass is 19.1. The number of nitrogens with zero attached hydrogens (tertiary/aromatic N) is 1. The van der Waals surface area contributed by atoms with Gasteiger partial charge in [-0.2, -0.15) is 5.01 Å². The lowest BCUT2D eigenvalue weighted by molar-refractivity contribution is -0.132. The molecule has 1 saturated heterocycles. The lowest BCUT2D eigenvalue weighted by Gasteiger charge is -2.21. The summed E-state index contributed by atoms with van der Waals surface area (Å²) in [4.78, 5) is 37.6. The van der Waals surface area contributed by atoms with E-state index in [1.807, 2.05) is 0 Å². The Morgan fingerprint density at radius 3 is 2.41 bits per heavy atom. The minimum atomic E-state index is -1.30. The Bertz CT molecular complexity index is 1090. The first-order valence-electron chi connectivity index (χ1n) is 8.77. The lowest BCUT2D eigenvalue weighted by atomic mass is 9.92. The second kappa shape index (κ2) is 6.90. The number of carbonyl (C=O) groups is 3. The van der Waals surface area contributed by atoms with Crippen LogP contribution < -0.4 is 10.7 Å². The van der Waals surface area contributed by atoms with Gasteiger partial charge in [0.1, 0.15) is 17.1 Å². The number of halogens is 1. The molecule has 2 heterocycles. The van der Waals surface area contributed by atoms with Crippen molar-refractivity contribution in [3.05, 3.63) is 83.9 Å². The topological polar surface area (TPSA) is 91.7 Å². The van der Waals surface area contributed by atoms with Crippen molar-refractivity contribution in [1.82, 2.24) is 15.8 Å². The normalized spacial score (nSPS) is 18.6. The number of furan rings is 1. The molecule has 8 heteroatoms. The van der Waals surface area contributed by atoms with E-state index in [0.29, 0.717) is 21.9 Å². The maximum Gasteiger partial charge on any atom is 0.344 e. The van der Waals surface area contributed by atoms with Crippen LogP contribution in [-0.4, -0.2) is 22.9 Å². The highest BCUT2D eigenvalue weighted by Crippen LogP contribution is 2.28. The molecule has 1 unspecified atom stereocenters. The summed E-state index contributed by atoms with van der Waals surface area (Å²) in [5.41, 5.74) is 2.15. The van der Waals surface area contributed by atoms with Gasteiger partial charge in [0, 0.05) is 5.56 Å². The molecule has 1 atom stereocenters. The molecule has 4 rings (SSSR count). The standard InChI is InChI=1S/C21H16FN3O4/c1-21(14-5-3-2-4-6-14)19(27)25(20(28)23-21)24-18(26)17-12-11-16(29-17)13-7-9-15(22)10-8-13/h2-12H,1H3,(H,23,28)(H,24,26). The van der Waals surface area contributed by atoms with Gasteiger partial charge < -0.3 is 9.73 Å². The van der Waals surface area contributed by atoms with Crippen LogP contribution in [0.1, 0.15) is 23.0 Å². The molecule has 1 aliphatic rings. The molecule has 1 fully saturated rings. The maximum absolute atomic E-state index is 13.1. The molecule has 2 N–H and O–H groups in total. The molecule has 0 bridgehead atoms. The van der Waals surface area contributed by atoms with Crippen LogP contribution in [0.5, 0.6) is 0 Å². The van der Waals surface area contributed by atoms with E-state index in [0.717, 1.165) is 0 Å². The Hall–Kier alpha value is -3.94. The summed E-state index contributed by atoms with van der Waals surface area (Å²) in [6, 6.07) is 16.5. The summed E-state index contributed by atoms with van der Waals surface area (Å²) in [7, 11) is 0. The average molecular weight is 393 g/mol. The smallest absolute Gasteiger partial charge is 0.344 e. The molecule has 1 aromatic heterocycles. The zero-order chi connectivity index (χ0) is 20.6. The number of carbonyl (C=O) groups excluding carboxylic acids is 3. The Kier molecular flexibility index (Phi) is 4.38. The Labute approximate surface area is 165 Å². The van der Waals surface area contributed by atoms with E-state index in [9.17, 15) is 18.8 Å². The molecule has 3 aromatic rings. The summed E-state index contributed by atoms with van der Waals surface area (Å²) in [5, 5.41) is 3.23. The maximum atomic E-state index is 13.1. The fraction of sp³-hybridized carbons (Fsp3) is 0.0952. The molecule has 0 saturated carbocycles. The van der Waals surface area contributed by atoms with Gasteiger partial charge in [-0.1, -0.05) is 30.3 Å². The number of amides is 4. The first-order chi connectivity index (χ1) is 13.9. The molecule has 2 aromatic carbocycles. The number of urea groups is 1. The van der Waals surface area contributed by atoms with Gasteiger partial charge in [0.15, 0.2) is 5.76 Å². The van der Waals surface area contributed by atoms with Gasteiger partial charge in [-0.15, -0.1) is 0 Å². The number of hydrogen-bond donors (Lipinski definition) is 2. The van der Waals surface area contributed by atoms with Crippen LogP contribution in [0, 0.1) is 5.82 Å². The minimum Gasteiger partial charge on any atom is -0.451 e. The van der Waals surface area contributed by atoms with Crippen molar-refractivity contribution in [2.75, 3.05) is 0 Å². The molecule has 0 spiro atoms. The van der Waals surface area contributed by atoms with Gasteiger partial charge in [-0.3, -0.25) is 9.59 Å². The average Bonchev–Trinajstić information content (AvgIpc) is 3.29. The van der Waals surface area contributed by atoms with E-state index < -0.39 is 29.2 Å². The van der Waals surface area contributed by atoms with Crippen LogP contribution >= 0.6 is 0 Å². The van der Waals surface area contributed by atoms with Crippen LogP contribution in [0.25, 0.3) is 11.3 Å². The number of imide groups is 1. The first-order valence-corrected chi connectivity index (χ1v) is 8.77. The van der Waals surface area contributed by atoms with Gasteiger partial charge in [-0.25, -0.2) is 14.6 Å². The van der Waals surface area contributed by atoms with Crippen LogP contribution in [-0.2, 0) is 10.3 Å². The summed E-state index contributed by atoms with van der Waals surface area (Å²) < 4.78 is 18.5. The van der Waals surface area contributed by atoms with Gasteiger partial charge >= 0.3 is 11.9 Å². The van der Waals surface area contributed by atoms with Crippen molar-refractivity contribution in [3.8, 4) is 11.3 Å². The highest BCUT2D eigenvalue weighted by Gasteiger charge is 2.50. The van der Waals surface area contributed by atoms with Crippen LogP contribution in [0.15, 0.2) is 71.1 Å². The van der Waals surface area contributed by atoms with Gasteiger partial charge in [0.25, 0.3) is 5.91 Å². The molecule has 4 amide bonds. The Morgan fingerprint density at radius 1 is 1.03 bits per heavy atom. The van der Waals surface area contributed by atoms with E-state index in [-0.39, 0.29) is 5.76 Å². The quantitative estimate of drug-likeness (QED) is 0.666.